The van der Waals surface area contributed by atoms with Gasteiger partial charge in [-0.15, -0.1) is 0 Å². The molecule has 0 rings (SSSR count). The largest absolute Gasteiger partial charge is 0.381 e. The number of unbranched alkanes of at least 4 members (excludes halogenated alkanes) is 4. The van der Waals surface area contributed by atoms with Crippen LogP contribution in [0.5, 0.6) is 0 Å². The van der Waals surface area contributed by atoms with Crippen LogP contribution < -0.4 is 11.5 Å². The molecule has 0 aromatic carbocycles. The Morgan fingerprint density at radius 1 is 0.833 bits per heavy atom. The van der Waals surface area contributed by atoms with Crippen LogP contribution in [-0.4, -0.2) is 38.5 Å². The summed E-state index contributed by atoms with van der Waals surface area (Å²) in [5.74, 6) is 0.691. The van der Waals surface area contributed by atoms with Gasteiger partial charge in [0.1, 0.15) is 0 Å². The van der Waals surface area contributed by atoms with Crippen molar-refractivity contribution in [1.82, 2.24) is 0 Å². The van der Waals surface area contributed by atoms with Crippen molar-refractivity contribution in [2.75, 3.05) is 26.4 Å². The van der Waals surface area contributed by atoms with Gasteiger partial charge in [0.2, 0.25) is 0 Å². The van der Waals surface area contributed by atoms with Gasteiger partial charge in [0.15, 0.2) is 0 Å². The monoisotopic (exact) mass is 344 g/mol. The molecule has 146 valence electrons. The first-order chi connectivity index (χ1) is 11.7. The second-order valence-corrected chi connectivity index (χ2v) is 6.99. The Bertz CT molecular complexity index is 252. The van der Waals surface area contributed by atoms with Gasteiger partial charge in [-0.2, -0.15) is 0 Å². The van der Waals surface area contributed by atoms with Crippen LogP contribution in [0.25, 0.3) is 0 Å². The number of rotatable bonds is 18. The predicted molar refractivity (Wildman–Crippen MR) is 104 cm³/mol. The molecule has 0 radical (unpaired) electrons. The van der Waals surface area contributed by atoms with Gasteiger partial charge in [-0.1, -0.05) is 59.3 Å². The first-order valence-electron chi connectivity index (χ1n) is 10.3. The van der Waals surface area contributed by atoms with Crippen molar-refractivity contribution in [2.45, 2.75) is 97.1 Å². The fourth-order valence-corrected chi connectivity index (χ4v) is 2.90. The normalized spacial score (nSPS) is 15.4. The van der Waals surface area contributed by atoms with Gasteiger partial charge in [0, 0.05) is 25.9 Å². The Kier molecular flexibility index (Phi) is 17.5. The van der Waals surface area contributed by atoms with Crippen molar-refractivity contribution >= 4 is 0 Å². The second kappa shape index (κ2) is 17.7. The summed E-state index contributed by atoms with van der Waals surface area (Å²) >= 11 is 0. The van der Waals surface area contributed by atoms with E-state index in [-0.39, 0.29) is 12.1 Å². The fourth-order valence-electron chi connectivity index (χ4n) is 2.90. The SMILES string of the molecule is CCCCCCOC(CCN)C(N)CCOCC(CC)CCCC. The topological polar surface area (TPSA) is 70.5 Å². The van der Waals surface area contributed by atoms with E-state index in [1.54, 1.807) is 0 Å². The van der Waals surface area contributed by atoms with E-state index in [2.05, 4.69) is 20.8 Å². The average molecular weight is 345 g/mol. The smallest absolute Gasteiger partial charge is 0.0738 e. The predicted octanol–water partition coefficient (Wildman–Crippen LogP) is 4.25. The maximum Gasteiger partial charge on any atom is 0.0738 e. The van der Waals surface area contributed by atoms with Gasteiger partial charge >= 0.3 is 0 Å². The molecule has 0 spiro atoms. The summed E-state index contributed by atoms with van der Waals surface area (Å²) in [5.41, 5.74) is 12.0. The van der Waals surface area contributed by atoms with Crippen molar-refractivity contribution in [3.63, 3.8) is 0 Å². The van der Waals surface area contributed by atoms with Crippen LogP contribution in [0.2, 0.25) is 0 Å². The second-order valence-electron chi connectivity index (χ2n) is 6.99. The third-order valence-corrected chi connectivity index (χ3v) is 4.75. The van der Waals surface area contributed by atoms with Gasteiger partial charge in [-0.25, -0.2) is 0 Å². The van der Waals surface area contributed by atoms with E-state index in [0.717, 1.165) is 39.1 Å². The van der Waals surface area contributed by atoms with Gasteiger partial charge < -0.3 is 20.9 Å². The first-order valence-corrected chi connectivity index (χ1v) is 10.3. The van der Waals surface area contributed by atoms with Crippen LogP contribution in [0.1, 0.15) is 85.0 Å². The standard InChI is InChI=1S/C20H44N2O2/c1-4-7-9-10-15-24-20(12-14-21)19(22)13-16-23-17-18(6-3)11-8-5-2/h18-20H,4-17,21-22H2,1-3H3. The molecule has 3 atom stereocenters. The molecule has 0 bridgehead atoms. The molecular weight excluding hydrogens is 300 g/mol. The van der Waals surface area contributed by atoms with E-state index in [1.807, 2.05) is 0 Å². The van der Waals surface area contributed by atoms with Crippen molar-refractivity contribution in [2.24, 2.45) is 17.4 Å². The van der Waals surface area contributed by atoms with Crippen LogP contribution in [0.3, 0.4) is 0 Å². The summed E-state index contributed by atoms with van der Waals surface area (Å²) in [5, 5.41) is 0. The Morgan fingerprint density at radius 3 is 2.21 bits per heavy atom. The lowest BCUT2D eigenvalue weighted by atomic mass is 10.0. The van der Waals surface area contributed by atoms with Crippen LogP contribution in [0.15, 0.2) is 0 Å². The molecule has 3 unspecified atom stereocenters. The summed E-state index contributed by atoms with van der Waals surface area (Å²) in [4.78, 5) is 0. The lowest BCUT2D eigenvalue weighted by molar-refractivity contribution is 0.0157. The molecule has 0 aliphatic carbocycles. The average Bonchev–Trinajstić information content (AvgIpc) is 2.59. The van der Waals surface area contributed by atoms with E-state index in [4.69, 9.17) is 20.9 Å². The zero-order chi connectivity index (χ0) is 18.0. The molecule has 0 aliphatic heterocycles. The highest BCUT2D eigenvalue weighted by Crippen LogP contribution is 2.14. The van der Waals surface area contributed by atoms with E-state index in [1.165, 1.54) is 44.9 Å². The lowest BCUT2D eigenvalue weighted by Crippen LogP contribution is -2.39. The maximum atomic E-state index is 6.31. The van der Waals surface area contributed by atoms with Gasteiger partial charge in [0.25, 0.3) is 0 Å². The molecule has 0 aromatic rings. The molecule has 0 aliphatic rings. The Labute approximate surface area is 151 Å². The number of ether oxygens (including phenoxy) is 2. The maximum absolute atomic E-state index is 6.31. The fraction of sp³-hybridized carbons (Fsp3) is 1.00. The molecule has 0 fully saturated rings. The van der Waals surface area contributed by atoms with Crippen LogP contribution in [0, 0.1) is 5.92 Å². The first kappa shape index (κ1) is 23.8. The van der Waals surface area contributed by atoms with Gasteiger partial charge in [-0.05, 0) is 38.1 Å². The summed E-state index contributed by atoms with van der Waals surface area (Å²) in [7, 11) is 0. The van der Waals surface area contributed by atoms with Crippen molar-refractivity contribution in [3.8, 4) is 0 Å². The molecule has 4 N–H and O–H groups in total. The minimum Gasteiger partial charge on any atom is -0.381 e. The summed E-state index contributed by atoms with van der Waals surface area (Å²) in [6.07, 6.45) is 11.7. The molecule has 4 nitrogen and oxygen atoms in total. The third kappa shape index (κ3) is 13.2. The zero-order valence-electron chi connectivity index (χ0n) is 16.6. The Balaban J connectivity index is 3.89. The van der Waals surface area contributed by atoms with E-state index in [9.17, 15) is 0 Å². The Morgan fingerprint density at radius 2 is 1.58 bits per heavy atom. The van der Waals surface area contributed by atoms with Crippen molar-refractivity contribution < 1.29 is 9.47 Å². The minimum atomic E-state index is 0.0236. The quantitative estimate of drug-likeness (QED) is 0.365. The van der Waals surface area contributed by atoms with Crippen LogP contribution >= 0.6 is 0 Å². The zero-order valence-corrected chi connectivity index (χ0v) is 16.6. The van der Waals surface area contributed by atoms with E-state index in [0.29, 0.717) is 12.5 Å². The molecule has 0 heterocycles. The summed E-state index contributed by atoms with van der Waals surface area (Å²) in [6, 6.07) is 0.0236. The molecule has 24 heavy (non-hydrogen) atoms. The highest BCUT2D eigenvalue weighted by molar-refractivity contribution is 4.74. The molecule has 0 aromatic heterocycles. The highest BCUT2D eigenvalue weighted by atomic mass is 16.5. The van der Waals surface area contributed by atoms with Gasteiger partial charge in [0.05, 0.1) is 6.10 Å². The number of nitrogens with two attached hydrogens (primary N) is 2. The van der Waals surface area contributed by atoms with Crippen LogP contribution in [0.4, 0.5) is 0 Å². The summed E-state index contributed by atoms with van der Waals surface area (Å²) in [6.45, 7) is 9.73. The van der Waals surface area contributed by atoms with E-state index < -0.39 is 0 Å². The molecule has 0 saturated heterocycles. The highest BCUT2D eigenvalue weighted by Gasteiger charge is 2.18. The van der Waals surface area contributed by atoms with Crippen molar-refractivity contribution in [1.29, 1.82) is 0 Å². The summed E-state index contributed by atoms with van der Waals surface area (Å²) < 4.78 is 11.9. The van der Waals surface area contributed by atoms with Gasteiger partial charge in [-0.3, -0.25) is 0 Å². The third-order valence-electron chi connectivity index (χ3n) is 4.75. The molecule has 0 saturated carbocycles. The number of hydrogen-bond donors (Lipinski definition) is 2. The number of hydrogen-bond acceptors (Lipinski definition) is 4. The molecule has 4 heteroatoms. The minimum absolute atomic E-state index is 0.0236. The molecular formula is C20H44N2O2. The molecule has 0 amide bonds. The van der Waals surface area contributed by atoms with Crippen LogP contribution in [-0.2, 0) is 9.47 Å². The Hall–Kier alpha value is -0.160. The van der Waals surface area contributed by atoms with E-state index >= 15 is 0 Å². The lowest BCUT2D eigenvalue weighted by Gasteiger charge is -2.24. The van der Waals surface area contributed by atoms with Crippen molar-refractivity contribution in [3.05, 3.63) is 0 Å².